The van der Waals surface area contributed by atoms with Crippen LogP contribution in [0, 0.1) is 0 Å². The molecular formula is C16H22O4. The Morgan fingerprint density at radius 1 is 1.20 bits per heavy atom. The Hall–Kier alpha value is -1.81. The molecule has 0 aliphatic rings. The number of hydrogen-bond acceptors (Lipinski definition) is 4. The van der Waals surface area contributed by atoms with Crippen molar-refractivity contribution < 1.29 is 19.0 Å². The van der Waals surface area contributed by atoms with Crippen molar-refractivity contribution in [3.63, 3.8) is 0 Å². The Morgan fingerprint density at radius 2 is 1.85 bits per heavy atom. The molecule has 0 bridgehead atoms. The van der Waals surface area contributed by atoms with Crippen LogP contribution in [0.5, 0.6) is 0 Å². The number of rotatable bonds is 6. The van der Waals surface area contributed by atoms with Gasteiger partial charge in [-0.05, 0) is 26.8 Å². The summed E-state index contributed by atoms with van der Waals surface area (Å²) in [6.45, 7) is 5.66. The van der Waals surface area contributed by atoms with Gasteiger partial charge in [0.05, 0.1) is 6.42 Å². The van der Waals surface area contributed by atoms with Crippen LogP contribution in [0.1, 0.15) is 32.8 Å². The predicted molar refractivity (Wildman–Crippen MR) is 77.8 cm³/mol. The minimum absolute atomic E-state index is 0.134. The maximum absolute atomic E-state index is 11.7. The lowest BCUT2D eigenvalue weighted by Gasteiger charge is -2.19. The fraction of sp³-hybridized carbons (Fsp3) is 0.438. The highest BCUT2D eigenvalue weighted by Crippen LogP contribution is 2.17. The molecule has 20 heavy (non-hydrogen) atoms. The molecule has 0 aliphatic carbocycles. The normalized spacial score (nSPS) is 12.1. The number of carbonyl (C=O) groups is 1. The number of benzene rings is 1. The van der Waals surface area contributed by atoms with Crippen molar-refractivity contribution >= 4 is 11.7 Å². The highest BCUT2D eigenvalue weighted by molar-refractivity contribution is 5.74. The van der Waals surface area contributed by atoms with E-state index in [-0.39, 0.29) is 19.2 Å². The molecule has 1 aromatic rings. The van der Waals surface area contributed by atoms with E-state index in [9.17, 15) is 4.79 Å². The fourth-order valence-electron chi connectivity index (χ4n) is 1.54. The quantitative estimate of drug-likeness (QED) is 0.454. The monoisotopic (exact) mass is 278 g/mol. The van der Waals surface area contributed by atoms with E-state index in [1.807, 2.05) is 51.1 Å². The van der Waals surface area contributed by atoms with E-state index in [1.165, 1.54) is 0 Å². The van der Waals surface area contributed by atoms with Gasteiger partial charge in [0.2, 0.25) is 0 Å². The molecule has 0 atom stereocenters. The standard InChI is InChI=1S/C16H22O4/c1-16(2,3)20-15(17)11-10-14(19-12-18-4)13-8-6-5-7-9-13/h5-10H,11-12H2,1-4H3/b14-10-. The summed E-state index contributed by atoms with van der Waals surface area (Å²) in [4.78, 5) is 11.7. The lowest BCUT2D eigenvalue weighted by atomic mass is 10.1. The third-order valence-electron chi connectivity index (χ3n) is 2.26. The molecule has 4 heteroatoms. The van der Waals surface area contributed by atoms with Gasteiger partial charge >= 0.3 is 5.97 Å². The first kappa shape index (κ1) is 16.2. The van der Waals surface area contributed by atoms with Gasteiger partial charge in [-0.15, -0.1) is 0 Å². The molecule has 0 radical (unpaired) electrons. The zero-order valence-electron chi connectivity index (χ0n) is 12.5. The van der Waals surface area contributed by atoms with Crippen LogP contribution in [0.15, 0.2) is 36.4 Å². The molecule has 0 fully saturated rings. The van der Waals surface area contributed by atoms with E-state index in [4.69, 9.17) is 14.2 Å². The summed E-state index contributed by atoms with van der Waals surface area (Å²) >= 11 is 0. The number of carbonyl (C=O) groups excluding carboxylic acids is 1. The summed E-state index contributed by atoms with van der Waals surface area (Å²) in [5, 5.41) is 0. The first-order chi connectivity index (χ1) is 9.42. The molecule has 0 aromatic heterocycles. The van der Waals surface area contributed by atoms with Gasteiger partial charge in [-0.25, -0.2) is 0 Å². The summed E-state index contributed by atoms with van der Waals surface area (Å²) in [5.41, 5.74) is 0.415. The minimum atomic E-state index is -0.481. The van der Waals surface area contributed by atoms with Crippen molar-refractivity contribution in [2.45, 2.75) is 32.8 Å². The maximum Gasteiger partial charge on any atom is 0.310 e. The molecule has 1 rings (SSSR count). The average Bonchev–Trinajstić information content (AvgIpc) is 2.38. The highest BCUT2D eigenvalue weighted by Gasteiger charge is 2.15. The zero-order chi connectivity index (χ0) is 15.0. The third kappa shape index (κ3) is 6.38. The molecule has 0 spiro atoms. The van der Waals surface area contributed by atoms with Gasteiger partial charge in [0.25, 0.3) is 0 Å². The largest absolute Gasteiger partial charge is 0.467 e. The first-order valence-electron chi connectivity index (χ1n) is 6.51. The van der Waals surface area contributed by atoms with Crippen LogP contribution < -0.4 is 0 Å². The van der Waals surface area contributed by atoms with Crippen molar-refractivity contribution in [2.75, 3.05) is 13.9 Å². The lowest BCUT2D eigenvalue weighted by Crippen LogP contribution is -2.23. The van der Waals surface area contributed by atoms with E-state index in [2.05, 4.69) is 0 Å². The molecule has 0 unspecified atom stereocenters. The zero-order valence-corrected chi connectivity index (χ0v) is 12.5. The van der Waals surface area contributed by atoms with E-state index in [0.29, 0.717) is 5.76 Å². The summed E-state index contributed by atoms with van der Waals surface area (Å²) < 4.78 is 15.6. The third-order valence-corrected chi connectivity index (χ3v) is 2.26. The summed E-state index contributed by atoms with van der Waals surface area (Å²) in [6, 6.07) is 9.57. The van der Waals surface area contributed by atoms with Crippen LogP contribution >= 0.6 is 0 Å². The predicted octanol–water partition coefficient (Wildman–Crippen LogP) is 3.38. The minimum Gasteiger partial charge on any atom is -0.467 e. The van der Waals surface area contributed by atoms with E-state index >= 15 is 0 Å². The van der Waals surface area contributed by atoms with Crippen LogP contribution in [-0.4, -0.2) is 25.5 Å². The number of methoxy groups -OCH3 is 1. The van der Waals surface area contributed by atoms with Crippen LogP contribution in [0.4, 0.5) is 0 Å². The highest BCUT2D eigenvalue weighted by atomic mass is 16.7. The van der Waals surface area contributed by atoms with Crippen LogP contribution in [0.25, 0.3) is 5.76 Å². The van der Waals surface area contributed by atoms with Gasteiger partial charge in [-0.2, -0.15) is 0 Å². The molecule has 110 valence electrons. The Kier molecular flexibility index (Phi) is 6.25. The fourth-order valence-corrected chi connectivity index (χ4v) is 1.54. The Bertz CT molecular complexity index is 443. The Balaban J connectivity index is 2.73. The molecule has 0 N–H and O–H groups in total. The first-order valence-corrected chi connectivity index (χ1v) is 6.51. The maximum atomic E-state index is 11.7. The number of ether oxygens (including phenoxy) is 3. The molecule has 0 heterocycles. The molecule has 0 aliphatic heterocycles. The van der Waals surface area contributed by atoms with E-state index < -0.39 is 5.60 Å². The van der Waals surface area contributed by atoms with Gasteiger partial charge in [0, 0.05) is 12.7 Å². The number of hydrogen-bond donors (Lipinski definition) is 0. The molecule has 4 nitrogen and oxygen atoms in total. The lowest BCUT2D eigenvalue weighted by molar-refractivity contribution is -0.153. The van der Waals surface area contributed by atoms with Crippen molar-refractivity contribution in [3.05, 3.63) is 42.0 Å². The van der Waals surface area contributed by atoms with Crippen molar-refractivity contribution in [1.82, 2.24) is 0 Å². The van der Waals surface area contributed by atoms with Crippen LogP contribution in [-0.2, 0) is 19.0 Å². The van der Waals surface area contributed by atoms with E-state index in [0.717, 1.165) is 5.56 Å². The summed E-state index contributed by atoms with van der Waals surface area (Å²) in [6.07, 6.45) is 1.87. The number of esters is 1. The van der Waals surface area contributed by atoms with Gasteiger partial charge in [0.1, 0.15) is 11.4 Å². The van der Waals surface area contributed by atoms with Crippen LogP contribution in [0.2, 0.25) is 0 Å². The van der Waals surface area contributed by atoms with Crippen molar-refractivity contribution in [3.8, 4) is 0 Å². The van der Waals surface area contributed by atoms with Gasteiger partial charge < -0.3 is 14.2 Å². The molecule has 0 saturated heterocycles. The van der Waals surface area contributed by atoms with Crippen LogP contribution in [0.3, 0.4) is 0 Å². The Labute approximate surface area is 120 Å². The van der Waals surface area contributed by atoms with Crippen molar-refractivity contribution in [2.24, 2.45) is 0 Å². The van der Waals surface area contributed by atoms with Gasteiger partial charge in [0.15, 0.2) is 6.79 Å². The molecule has 1 aromatic carbocycles. The molecular weight excluding hydrogens is 256 g/mol. The summed E-state index contributed by atoms with van der Waals surface area (Å²) in [7, 11) is 1.55. The Morgan fingerprint density at radius 3 is 2.40 bits per heavy atom. The topological polar surface area (TPSA) is 44.8 Å². The summed E-state index contributed by atoms with van der Waals surface area (Å²) in [5.74, 6) is 0.324. The average molecular weight is 278 g/mol. The van der Waals surface area contributed by atoms with E-state index in [1.54, 1.807) is 13.2 Å². The second-order valence-corrected chi connectivity index (χ2v) is 5.28. The molecule has 0 amide bonds. The van der Waals surface area contributed by atoms with Crippen molar-refractivity contribution in [1.29, 1.82) is 0 Å². The smallest absolute Gasteiger partial charge is 0.310 e. The van der Waals surface area contributed by atoms with Gasteiger partial charge in [-0.3, -0.25) is 4.79 Å². The SMILES string of the molecule is COCO/C(=C\CC(=O)OC(C)(C)C)c1ccccc1. The molecule has 0 saturated carbocycles. The van der Waals surface area contributed by atoms with Gasteiger partial charge in [-0.1, -0.05) is 30.3 Å². The second kappa shape index (κ2) is 7.70. The second-order valence-electron chi connectivity index (χ2n) is 5.28.